The van der Waals surface area contributed by atoms with Crippen LogP contribution in [0.25, 0.3) is 0 Å². The molecule has 4 atom stereocenters. The van der Waals surface area contributed by atoms with Crippen LogP contribution in [-0.2, 0) is 16.0 Å². The Morgan fingerprint density at radius 2 is 1.81 bits per heavy atom. The summed E-state index contributed by atoms with van der Waals surface area (Å²) in [5, 5.41) is 22.5. The number of aliphatic hydroxyl groups excluding tert-OH is 1. The predicted molar refractivity (Wildman–Crippen MR) is 136 cm³/mol. The van der Waals surface area contributed by atoms with Crippen molar-refractivity contribution in [2.24, 2.45) is 11.3 Å². The summed E-state index contributed by atoms with van der Waals surface area (Å²) in [6.45, 7) is 8.26. The highest BCUT2D eigenvalue weighted by Crippen LogP contribution is 2.42. The van der Waals surface area contributed by atoms with Crippen molar-refractivity contribution in [3.63, 3.8) is 0 Å². The van der Waals surface area contributed by atoms with E-state index in [-0.39, 0.29) is 24.8 Å². The van der Waals surface area contributed by atoms with Gasteiger partial charge in [0.05, 0.1) is 11.8 Å². The third kappa shape index (κ3) is 5.19. The van der Waals surface area contributed by atoms with Gasteiger partial charge in [0.1, 0.15) is 12.1 Å². The number of aromatic nitrogens is 3. The first-order valence-corrected chi connectivity index (χ1v) is 13.3. The van der Waals surface area contributed by atoms with Crippen LogP contribution in [0.4, 0.5) is 0 Å². The molecule has 1 aliphatic heterocycles. The van der Waals surface area contributed by atoms with Crippen molar-refractivity contribution in [2.45, 2.75) is 95.9 Å². The molecule has 2 aliphatic carbocycles. The molecule has 2 aromatic rings. The van der Waals surface area contributed by atoms with Gasteiger partial charge in [-0.25, -0.2) is 4.68 Å². The van der Waals surface area contributed by atoms with Gasteiger partial charge in [-0.3, -0.25) is 9.59 Å². The fourth-order valence-corrected chi connectivity index (χ4v) is 5.72. The molecule has 0 radical (unpaired) electrons. The molecule has 3 fully saturated rings. The van der Waals surface area contributed by atoms with E-state index >= 15 is 0 Å². The predicted octanol–water partition coefficient (Wildman–Crippen LogP) is 3.23. The van der Waals surface area contributed by atoms with Gasteiger partial charge in [-0.1, -0.05) is 56.3 Å². The highest BCUT2D eigenvalue weighted by molar-refractivity contribution is 5.90. The summed E-state index contributed by atoms with van der Waals surface area (Å²) in [5.74, 6) is 0.472. The molecule has 3 unspecified atom stereocenters. The van der Waals surface area contributed by atoms with Crippen molar-refractivity contribution in [1.82, 2.24) is 25.2 Å². The highest BCUT2D eigenvalue weighted by atomic mass is 16.3. The number of hydrogen-bond donors (Lipinski definition) is 2. The number of benzene rings is 1. The number of carbonyl (C=O) groups excluding carboxylic acids is 2. The quantitative estimate of drug-likeness (QED) is 0.588. The van der Waals surface area contributed by atoms with Gasteiger partial charge in [0.15, 0.2) is 0 Å². The summed E-state index contributed by atoms with van der Waals surface area (Å²) in [6.07, 6.45) is 6.52. The minimum atomic E-state index is -0.732. The summed E-state index contributed by atoms with van der Waals surface area (Å²) in [4.78, 5) is 29.3. The number of β-amino-alcohol motifs (C(OH)–C–C–N with tert-alkyl or cyclic N) is 1. The normalized spacial score (nSPS) is 24.9. The Hall–Kier alpha value is -2.74. The zero-order chi connectivity index (χ0) is 25.7. The minimum Gasteiger partial charge on any atom is -0.391 e. The van der Waals surface area contributed by atoms with Gasteiger partial charge in [0, 0.05) is 30.6 Å². The molecular weight excluding hydrogens is 454 g/mol. The van der Waals surface area contributed by atoms with Crippen molar-refractivity contribution in [3.05, 3.63) is 47.8 Å². The molecule has 2 saturated carbocycles. The second-order valence-corrected chi connectivity index (χ2v) is 12.4. The number of likely N-dealkylation sites (tertiary alicyclic amines) is 1. The maximum Gasteiger partial charge on any atom is 0.248 e. The van der Waals surface area contributed by atoms with E-state index in [1.54, 1.807) is 9.58 Å². The molecule has 8 nitrogen and oxygen atoms in total. The molecule has 1 aromatic heterocycles. The van der Waals surface area contributed by atoms with Crippen molar-refractivity contribution in [1.29, 1.82) is 0 Å². The number of hydrogen-bond acceptors (Lipinski definition) is 5. The van der Waals surface area contributed by atoms with Crippen molar-refractivity contribution < 1.29 is 14.7 Å². The van der Waals surface area contributed by atoms with E-state index in [1.165, 1.54) is 5.56 Å². The summed E-state index contributed by atoms with van der Waals surface area (Å²) >= 11 is 0. The second kappa shape index (κ2) is 9.29. The smallest absolute Gasteiger partial charge is 0.248 e. The largest absolute Gasteiger partial charge is 0.391 e. The Balaban J connectivity index is 1.36. The van der Waals surface area contributed by atoms with E-state index in [4.69, 9.17) is 0 Å². The summed E-state index contributed by atoms with van der Waals surface area (Å²) in [7, 11) is 0. The van der Waals surface area contributed by atoms with E-state index < -0.39 is 29.1 Å². The lowest BCUT2D eigenvalue weighted by molar-refractivity contribution is -0.144. The molecule has 1 saturated heterocycles. The SMILES string of the molecule is CC(Cc1ccccc1)(NC(=O)C1CC(O)CN1C(=O)[C@H](n1cc(C2CC2)nn1)C(C)(C)C)C1CC1. The highest BCUT2D eigenvalue weighted by Gasteiger charge is 2.48. The van der Waals surface area contributed by atoms with Crippen LogP contribution in [0.3, 0.4) is 0 Å². The van der Waals surface area contributed by atoms with Crippen molar-refractivity contribution in [2.75, 3.05) is 6.54 Å². The van der Waals surface area contributed by atoms with Gasteiger partial charge < -0.3 is 15.3 Å². The van der Waals surface area contributed by atoms with E-state index in [1.807, 2.05) is 45.2 Å². The number of rotatable bonds is 8. The molecule has 5 rings (SSSR count). The molecule has 2 heterocycles. The Labute approximate surface area is 213 Å². The third-order valence-electron chi connectivity index (χ3n) is 8.01. The Morgan fingerprint density at radius 3 is 2.42 bits per heavy atom. The standard InChI is InChI=1S/C28H39N5O3/c1-27(2,3)24(33-17-22(30-31-33)19-10-11-19)26(36)32-16-21(34)14-23(32)25(35)29-28(4,20-12-13-20)15-18-8-6-5-7-9-18/h5-9,17,19-21,23-24,34H,10-16H2,1-4H3,(H,29,35)/t21?,23?,24-,28?/m0/s1. The van der Waals surface area contributed by atoms with E-state index in [0.717, 1.165) is 37.8 Å². The first kappa shape index (κ1) is 24.9. The van der Waals surface area contributed by atoms with Crippen LogP contribution in [0.1, 0.15) is 83.0 Å². The molecule has 3 aliphatic rings. The van der Waals surface area contributed by atoms with Gasteiger partial charge in [0.2, 0.25) is 11.8 Å². The topological polar surface area (TPSA) is 100 Å². The number of carbonyl (C=O) groups is 2. The first-order valence-electron chi connectivity index (χ1n) is 13.3. The zero-order valence-electron chi connectivity index (χ0n) is 21.9. The van der Waals surface area contributed by atoms with E-state index in [2.05, 4.69) is 34.7 Å². The van der Waals surface area contributed by atoms with Crippen LogP contribution in [0, 0.1) is 11.3 Å². The molecule has 0 bridgehead atoms. The van der Waals surface area contributed by atoms with E-state index in [0.29, 0.717) is 11.8 Å². The second-order valence-electron chi connectivity index (χ2n) is 12.4. The van der Waals surface area contributed by atoms with Crippen LogP contribution >= 0.6 is 0 Å². The van der Waals surface area contributed by atoms with Crippen LogP contribution in [0.15, 0.2) is 36.5 Å². The molecule has 194 valence electrons. The zero-order valence-corrected chi connectivity index (χ0v) is 21.9. The first-order chi connectivity index (χ1) is 17.0. The van der Waals surface area contributed by atoms with Gasteiger partial charge >= 0.3 is 0 Å². The summed E-state index contributed by atoms with van der Waals surface area (Å²) in [6, 6.07) is 8.88. The van der Waals surface area contributed by atoms with Crippen LogP contribution < -0.4 is 5.32 Å². The van der Waals surface area contributed by atoms with Gasteiger partial charge in [-0.15, -0.1) is 5.10 Å². The number of nitrogens with zero attached hydrogens (tertiary/aromatic N) is 4. The molecular formula is C28H39N5O3. The van der Waals surface area contributed by atoms with Gasteiger partial charge in [0.25, 0.3) is 0 Å². The lowest BCUT2D eigenvalue weighted by Gasteiger charge is -2.37. The maximum atomic E-state index is 14.0. The number of nitrogens with one attached hydrogen (secondary N) is 1. The monoisotopic (exact) mass is 493 g/mol. The van der Waals surface area contributed by atoms with Crippen LogP contribution in [-0.4, -0.2) is 61.0 Å². The summed E-state index contributed by atoms with van der Waals surface area (Å²) in [5.41, 5.74) is 1.26. The average molecular weight is 494 g/mol. The molecule has 2 amide bonds. The molecule has 0 spiro atoms. The number of aliphatic hydroxyl groups is 1. The van der Waals surface area contributed by atoms with Crippen LogP contribution in [0.2, 0.25) is 0 Å². The van der Waals surface area contributed by atoms with E-state index in [9.17, 15) is 14.7 Å². The number of amides is 2. The van der Waals surface area contributed by atoms with Crippen molar-refractivity contribution in [3.8, 4) is 0 Å². The lowest BCUT2D eigenvalue weighted by Crippen LogP contribution is -2.57. The van der Waals surface area contributed by atoms with Crippen molar-refractivity contribution >= 4 is 11.8 Å². The Morgan fingerprint density at radius 1 is 1.11 bits per heavy atom. The maximum absolute atomic E-state index is 14.0. The molecule has 2 N–H and O–H groups in total. The Bertz CT molecular complexity index is 1100. The lowest BCUT2D eigenvalue weighted by atomic mass is 9.85. The third-order valence-corrected chi connectivity index (χ3v) is 8.01. The molecule has 36 heavy (non-hydrogen) atoms. The molecule has 8 heteroatoms. The van der Waals surface area contributed by atoms with Gasteiger partial charge in [-0.05, 0) is 55.9 Å². The fourth-order valence-electron chi connectivity index (χ4n) is 5.72. The molecule has 1 aromatic carbocycles. The van der Waals surface area contributed by atoms with Crippen LogP contribution in [0.5, 0.6) is 0 Å². The Kier molecular flexibility index (Phi) is 6.43. The summed E-state index contributed by atoms with van der Waals surface area (Å²) < 4.78 is 1.67. The minimum absolute atomic E-state index is 0.145. The average Bonchev–Trinajstić information content (AvgIpc) is 3.74. The fraction of sp³-hybridized carbons (Fsp3) is 0.643. The van der Waals surface area contributed by atoms with Gasteiger partial charge in [-0.2, -0.15) is 0 Å².